The van der Waals surface area contributed by atoms with E-state index in [-0.39, 0.29) is 17.9 Å². The fraction of sp³-hybridized carbons (Fsp3) is 0.222. The topological polar surface area (TPSA) is 79.7 Å². The van der Waals surface area contributed by atoms with Gasteiger partial charge in [0.25, 0.3) is 11.7 Å². The highest BCUT2D eigenvalue weighted by Crippen LogP contribution is 2.40. The highest BCUT2D eigenvalue weighted by molar-refractivity contribution is 6.46. The molecule has 7 heteroatoms. The molecule has 4 rings (SSSR count). The molecule has 174 valence electrons. The van der Waals surface area contributed by atoms with E-state index in [9.17, 15) is 14.7 Å². The Bertz CT molecular complexity index is 1190. The molecule has 1 saturated heterocycles. The number of benzene rings is 2. The van der Waals surface area contributed by atoms with Gasteiger partial charge in [-0.2, -0.15) is 0 Å². The minimum Gasteiger partial charge on any atom is -0.507 e. The SMILES string of the molecule is CCCCOc1ccc(/C(O)=C2\C(=O)C(=O)N(Cc3cccnc3)[C@@H]2c2ccc(Cl)cc2)cc1. The second-order valence-corrected chi connectivity index (χ2v) is 8.50. The van der Waals surface area contributed by atoms with Crippen molar-refractivity contribution in [2.75, 3.05) is 6.61 Å². The number of carbonyl (C=O) groups is 2. The second-order valence-electron chi connectivity index (χ2n) is 8.07. The maximum atomic E-state index is 13.1. The lowest BCUT2D eigenvalue weighted by atomic mass is 9.95. The van der Waals surface area contributed by atoms with E-state index in [1.807, 2.05) is 6.07 Å². The summed E-state index contributed by atoms with van der Waals surface area (Å²) in [5.41, 5.74) is 1.92. The fourth-order valence-corrected chi connectivity index (χ4v) is 4.05. The lowest BCUT2D eigenvalue weighted by molar-refractivity contribution is -0.140. The fourth-order valence-electron chi connectivity index (χ4n) is 3.92. The van der Waals surface area contributed by atoms with Crippen molar-refractivity contribution in [3.63, 3.8) is 0 Å². The highest BCUT2D eigenvalue weighted by atomic mass is 35.5. The number of hydrogen-bond acceptors (Lipinski definition) is 5. The lowest BCUT2D eigenvalue weighted by Gasteiger charge is -2.25. The minimum absolute atomic E-state index is 0.0378. The van der Waals surface area contributed by atoms with Crippen molar-refractivity contribution >= 4 is 29.1 Å². The van der Waals surface area contributed by atoms with E-state index in [4.69, 9.17) is 16.3 Å². The molecule has 0 aliphatic carbocycles. The molecule has 1 aliphatic heterocycles. The number of ether oxygens (including phenoxy) is 1. The Labute approximate surface area is 203 Å². The molecule has 1 N–H and O–H groups in total. The summed E-state index contributed by atoms with van der Waals surface area (Å²) < 4.78 is 5.68. The molecule has 0 unspecified atom stereocenters. The van der Waals surface area contributed by atoms with Gasteiger partial charge < -0.3 is 14.7 Å². The van der Waals surface area contributed by atoms with E-state index < -0.39 is 17.7 Å². The summed E-state index contributed by atoms with van der Waals surface area (Å²) in [7, 11) is 0. The van der Waals surface area contributed by atoms with E-state index in [1.165, 1.54) is 4.90 Å². The van der Waals surface area contributed by atoms with Crippen LogP contribution in [0.25, 0.3) is 5.76 Å². The van der Waals surface area contributed by atoms with Crippen LogP contribution in [-0.2, 0) is 16.1 Å². The largest absolute Gasteiger partial charge is 0.507 e. The van der Waals surface area contributed by atoms with Crippen LogP contribution < -0.4 is 4.74 Å². The summed E-state index contributed by atoms with van der Waals surface area (Å²) in [6.45, 7) is 2.87. The van der Waals surface area contributed by atoms with Crippen molar-refractivity contribution in [2.24, 2.45) is 0 Å². The zero-order valence-electron chi connectivity index (χ0n) is 18.8. The molecule has 3 aromatic rings. The minimum atomic E-state index is -0.766. The number of pyridine rings is 1. The number of rotatable bonds is 8. The van der Waals surface area contributed by atoms with E-state index in [0.29, 0.717) is 28.5 Å². The Kier molecular flexibility index (Phi) is 7.28. The first-order valence-corrected chi connectivity index (χ1v) is 11.5. The molecule has 1 aliphatic rings. The van der Waals surface area contributed by atoms with Gasteiger partial charge in [0.15, 0.2) is 0 Å². The van der Waals surface area contributed by atoms with Crippen LogP contribution in [0.1, 0.15) is 42.5 Å². The molecular formula is C27H25ClN2O4. The molecule has 1 aromatic heterocycles. The maximum absolute atomic E-state index is 13.1. The van der Waals surface area contributed by atoms with Gasteiger partial charge in [-0.05, 0) is 60.0 Å². The molecule has 1 fully saturated rings. The molecule has 0 bridgehead atoms. The van der Waals surface area contributed by atoms with Crippen LogP contribution in [0.2, 0.25) is 5.02 Å². The number of halogens is 1. The van der Waals surface area contributed by atoms with E-state index in [2.05, 4.69) is 11.9 Å². The first-order valence-electron chi connectivity index (χ1n) is 11.2. The van der Waals surface area contributed by atoms with Gasteiger partial charge in [0.05, 0.1) is 18.2 Å². The first-order chi connectivity index (χ1) is 16.5. The Morgan fingerprint density at radius 1 is 1.09 bits per heavy atom. The van der Waals surface area contributed by atoms with Crippen LogP contribution in [0, 0.1) is 0 Å². The van der Waals surface area contributed by atoms with Crippen molar-refractivity contribution < 1.29 is 19.4 Å². The number of aliphatic hydroxyl groups excluding tert-OH is 1. The third-order valence-corrected chi connectivity index (χ3v) is 5.95. The monoisotopic (exact) mass is 476 g/mol. The number of likely N-dealkylation sites (tertiary alicyclic amines) is 1. The Morgan fingerprint density at radius 3 is 2.47 bits per heavy atom. The molecule has 2 aromatic carbocycles. The maximum Gasteiger partial charge on any atom is 0.295 e. The third kappa shape index (κ3) is 4.97. The van der Waals surface area contributed by atoms with Gasteiger partial charge in [0.1, 0.15) is 11.5 Å². The number of ketones is 1. The molecule has 0 saturated carbocycles. The van der Waals surface area contributed by atoms with Gasteiger partial charge in [-0.25, -0.2) is 0 Å². The van der Waals surface area contributed by atoms with Crippen molar-refractivity contribution in [2.45, 2.75) is 32.4 Å². The predicted molar refractivity (Wildman–Crippen MR) is 130 cm³/mol. The smallest absolute Gasteiger partial charge is 0.295 e. The zero-order valence-corrected chi connectivity index (χ0v) is 19.5. The lowest BCUT2D eigenvalue weighted by Crippen LogP contribution is -2.29. The summed E-state index contributed by atoms with van der Waals surface area (Å²) in [4.78, 5) is 31.8. The number of hydrogen-bond donors (Lipinski definition) is 1. The molecule has 0 spiro atoms. The van der Waals surface area contributed by atoms with Crippen molar-refractivity contribution in [1.82, 2.24) is 9.88 Å². The normalized spacial score (nSPS) is 17.2. The van der Waals surface area contributed by atoms with Crippen LogP contribution in [0.4, 0.5) is 0 Å². The van der Waals surface area contributed by atoms with Gasteiger partial charge in [-0.1, -0.05) is 43.1 Å². The molecule has 6 nitrogen and oxygen atoms in total. The van der Waals surface area contributed by atoms with Gasteiger partial charge in [0, 0.05) is 29.5 Å². The van der Waals surface area contributed by atoms with Crippen LogP contribution >= 0.6 is 11.6 Å². The summed E-state index contributed by atoms with van der Waals surface area (Å²) in [5.74, 6) is -0.960. The molecule has 2 heterocycles. The van der Waals surface area contributed by atoms with E-state index in [1.54, 1.807) is 67.0 Å². The van der Waals surface area contributed by atoms with Crippen molar-refractivity contribution in [1.29, 1.82) is 0 Å². The summed E-state index contributed by atoms with van der Waals surface area (Å²) in [6, 6.07) is 16.6. The summed E-state index contributed by atoms with van der Waals surface area (Å²) in [6.07, 6.45) is 5.27. The predicted octanol–water partition coefficient (Wildman–Crippen LogP) is 5.54. The van der Waals surface area contributed by atoms with E-state index >= 15 is 0 Å². The third-order valence-electron chi connectivity index (χ3n) is 5.70. The van der Waals surface area contributed by atoms with Crippen molar-refractivity contribution in [3.8, 4) is 5.75 Å². The average Bonchev–Trinajstić information content (AvgIpc) is 3.10. The number of aromatic nitrogens is 1. The average molecular weight is 477 g/mol. The Morgan fingerprint density at radius 2 is 1.82 bits per heavy atom. The van der Waals surface area contributed by atoms with Crippen LogP contribution in [0.5, 0.6) is 5.75 Å². The number of Topliss-reactive ketones (excluding diaryl/α,β-unsaturated/α-hetero) is 1. The number of nitrogens with zero attached hydrogens (tertiary/aromatic N) is 2. The standard InChI is InChI=1S/C27H25ClN2O4/c1-2-3-15-34-22-12-8-20(9-13-22)25(31)23-24(19-6-10-21(28)11-7-19)30(27(33)26(23)32)17-18-5-4-14-29-16-18/h4-14,16,24,31H,2-3,15,17H2,1H3/b25-23+/t24-/m1/s1. The number of carbonyl (C=O) groups excluding carboxylic acids is 2. The van der Waals surface area contributed by atoms with Crippen LogP contribution in [0.3, 0.4) is 0 Å². The molecule has 0 radical (unpaired) electrons. The molecular weight excluding hydrogens is 452 g/mol. The summed E-state index contributed by atoms with van der Waals surface area (Å²) >= 11 is 6.07. The molecule has 34 heavy (non-hydrogen) atoms. The van der Waals surface area contributed by atoms with Gasteiger partial charge >= 0.3 is 0 Å². The van der Waals surface area contributed by atoms with Crippen LogP contribution in [0.15, 0.2) is 78.6 Å². The van der Waals surface area contributed by atoms with Gasteiger partial charge in [-0.15, -0.1) is 0 Å². The summed E-state index contributed by atoms with van der Waals surface area (Å²) in [5, 5.41) is 11.7. The van der Waals surface area contributed by atoms with Crippen LogP contribution in [-0.4, -0.2) is 33.3 Å². The molecule has 1 amide bonds. The van der Waals surface area contributed by atoms with Gasteiger partial charge in [-0.3, -0.25) is 14.6 Å². The Balaban J connectivity index is 1.74. The zero-order chi connectivity index (χ0) is 24.1. The quantitative estimate of drug-likeness (QED) is 0.200. The van der Waals surface area contributed by atoms with E-state index in [0.717, 1.165) is 18.4 Å². The Hall–Kier alpha value is -3.64. The second kappa shape index (κ2) is 10.5. The highest BCUT2D eigenvalue weighted by Gasteiger charge is 2.46. The van der Waals surface area contributed by atoms with Gasteiger partial charge in [0.2, 0.25) is 0 Å². The van der Waals surface area contributed by atoms with Crippen molar-refractivity contribution in [3.05, 3.63) is 100 Å². The first kappa shape index (κ1) is 23.5. The molecule has 1 atom stereocenters. The number of unbranched alkanes of at least 4 members (excludes halogenated alkanes) is 1. The number of aliphatic hydroxyl groups is 1. The number of amides is 1.